The van der Waals surface area contributed by atoms with Gasteiger partial charge in [0.1, 0.15) is 5.75 Å². The minimum atomic E-state index is -0.0464. The van der Waals surface area contributed by atoms with Crippen LogP contribution in [0.4, 0.5) is 0 Å². The van der Waals surface area contributed by atoms with Crippen LogP contribution in [0, 0.1) is 0 Å². The average Bonchev–Trinajstić information content (AvgIpc) is 3.33. The predicted octanol–water partition coefficient (Wildman–Crippen LogP) is 2.76. The Morgan fingerprint density at radius 1 is 1.35 bits per heavy atom. The minimum absolute atomic E-state index is 0.00149. The van der Waals surface area contributed by atoms with E-state index in [4.69, 9.17) is 4.74 Å². The first-order valence-electron chi connectivity index (χ1n) is 8.00. The number of carbonyl (C=O) groups is 1. The second kappa shape index (κ2) is 8.81. The van der Waals surface area contributed by atoms with Crippen molar-refractivity contribution in [2.24, 2.45) is 0 Å². The van der Waals surface area contributed by atoms with Crippen molar-refractivity contribution in [3.8, 4) is 5.75 Å². The van der Waals surface area contributed by atoms with Crippen molar-refractivity contribution in [3.63, 3.8) is 0 Å². The van der Waals surface area contributed by atoms with Gasteiger partial charge in [-0.1, -0.05) is 30.0 Å². The number of benzene rings is 1. The third kappa shape index (κ3) is 4.83. The van der Waals surface area contributed by atoms with E-state index >= 15 is 0 Å². The van der Waals surface area contributed by atoms with Crippen LogP contribution in [0.1, 0.15) is 23.4 Å². The number of thiophene rings is 1. The fraction of sp³-hybridized carbons (Fsp3) is 0.294. The van der Waals surface area contributed by atoms with Crippen LogP contribution in [-0.4, -0.2) is 39.0 Å². The molecule has 26 heavy (non-hydrogen) atoms. The highest BCUT2D eigenvalue weighted by Crippen LogP contribution is 2.20. The Labute approximate surface area is 159 Å². The minimum Gasteiger partial charge on any atom is -0.497 e. The predicted molar refractivity (Wildman–Crippen MR) is 102 cm³/mol. The topological polar surface area (TPSA) is 81.9 Å². The van der Waals surface area contributed by atoms with Crippen LogP contribution >= 0.6 is 23.1 Å². The molecule has 1 amide bonds. The summed E-state index contributed by atoms with van der Waals surface area (Å²) in [5.74, 6) is 1.02. The molecule has 3 aromatic rings. The van der Waals surface area contributed by atoms with Crippen LogP contribution in [0.2, 0.25) is 0 Å². The number of amides is 1. The number of methoxy groups -OCH3 is 1. The number of nitrogens with zero attached hydrogens (tertiary/aromatic N) is 4. The van der Waals surface area contributed by atoms with E-state index in [0.717, 1.165) is 16.2 Å². The van der Waals surface area contributed by atoms with Crippen LogP contribution in [0.15, 0.2) is 46.9 Å². The molecular weight excluding hydrogens is 370 g/mol. The van der Waals surface area contributed by atoms with Gasteiger partial charge in [-0.3, -0.25) is 4.79 Å². The second-order valence-corrected chi connectivity index (χ2v) is 7.48. The van der Waals surface area contributed by atoms with Gasteiger partial charge in [0.15, 0.2) is 0 Å². The molecule has 1 atom stereocenters. The Kier molecular flexibility index (Phi) is 6.24. The van der Waals surface area contributed by atoms with Crippen molar-refractivity contribution in [1.29, 1.82) is 0 Å². The summed E-state index contributed by atoms with van der Waals surface area (Å²) < 4.78 is 6.84. The van der Waals surface area contributed by atoms with Crippen molar-refractivity contribution in [2.45, 2.75) is 24.7 Å². The molecule has 0 fully saturated rings. The van der Waals surface area contributed by atoms with Crippen LogP contribution in [0.25, 0.3) is 0 Å². The standard InChI is InChI=1S/C17H19N5O2S2/c1-12(15-4-3-9-25-15)18-16(23)11-26-17-19-20-21-22(17)10-13-5-7-14(24-2)8-6-13/h3-9,12H,10-11H2,1-2H3,(H,18,23). The molecule has 1 aromatic carbocycles. The first-order chi connectivity index (χ1) is 12.7. The monoisotopic (exact) mass is 389 g/mol. The zero-order chi connectivity index (χ0) is 18.4. The number of carbonyl (C=O) groups excluding carboxylic acids is 1. The summed E-state index contributed by atoms with van der Waals surface area (Å²) in [6.45, 7) is 2.51. The van der Waals surface area contributed by atoms with E-state index in [2.05, 4.69) is 20.8 Å². The fourth-order valence-corrected chi connectivity index (χ4v) is 3.75. The Morgan fingerprint density at radius 3 is 2.85 bits per heavy atom. The van der Waals surface area contributed by atoms with Crippen LogP contribution in [0.3, 0.4) is 0 Å². The molecule has 0 spiro atoms. The molecular formula is C17H19N5O2S2. The van der Waals surface area contributed by atoms with Gasteiger partial charge in [-0.2, -0.15) is 0 Å². The number of hydrogen-bond donors (Lipinski definition) is 1. The molecule has 9 heteroatoms. The summed E-state index contributed by atoms with van der Waals surface area (Å²) in [7, 11) is 1.63. The Morgan fingerprint density at radius 2 is 2.15 bits per heavy atom. The molecule has 0 radical (unpaired) electrons. The molecule has 2 aromatic heterocycles. The first kappa shape index (κ1) is 18.4. The summed E-state index contributed by atoms with van der Waals surface area (Å²) in [5, 5.41) is 17.3. The molecule has 0 aliphatic heterocycles. The van der Waals surface area contributed by atoms with E-state index < -0.39 is 0 Å². The van der Waals surface area contributed by atoms with E-state index in [0.29, 0.717) is 11.7 Å². The van der Waals surface area contributed by atoms with E-state index in [9.17, 15) is 4.79 Å². The maximum atomic E-state index is 12.2. The van der Waals surface area contributed by atoms with Crippen molar-refractivity contribution < 1.29 is 9.53 Å². The van der Waals surface area contributed by atoms with Gasteiger partial charge in [0.25, 0.3) is 0 Å². The van der Waals surface area contributed by atoms with Gasteiger partial charge in [0, 0.05) is 4.88 Å². The van der Waals surface area contributed by atoms with Crippen LogP contribution in [0.5, 0.6) is 5.75 Å². The maximum absolute atomic E-state index is 12.2. The smallest absolute Gasteiger partial charge is 0.230 e. The molecule has 0 bridgehead atoms. The Bertz CT molecular complexity index is 833. The molecule has 2 heterocycles. The van der Waals surface area contributed by atoms with Gasteiger partial charge in [-0.15, -0.1) is 16.4 Å². The van der Waals surface area contributed by atoms with Crippen molar-refractivity contribution >= 4 is 29.0 Å². The lowest BCUT2D eigenvalue weighted by Gasteiger charge is -2.11. The number of hydrogen-bond acceptors (Lipinski definition) is 7. The SMILES string of the molecule is COc1ccc(Cn2nnnc2SCC(=O)NC(C)c2cccs2)cc1. The number of aromatic nitrogens is 4. The zero-order valence-electron chi connectivity index (χ0n) is 14.5. The summed E-state index contributed by atoms with van der Waals surface area (Å²) in [5.41, 5.74) is 1.05. The molecule has 0 saturated heterocycles. The Hall–Kier alpha value is -2.39. The number of ether oxygens (including phenoxy) is 1. The normalized spacial score (nSPS) is 11.9. The molecule has 136 valence electrons. The lowest BCUT2D eigenvalue weighted by molar-refractivity contribution is -0.119. The quantitative estimate of drug-likeness (QED) is 0.597. The van der Waals surface area contributed by atoms with E-state index in [1.807, 2.05) is 48.7 Å². The van der Waals surface area contributed by atoms with Gasteiger partial charge >= 0.3 is 0 Å². The van der Waals surface area contributed by atoms with Gasteiger partial charge in [0.2, 0.25) is 11.1 Å². The van der Waals surface area contributed by atoms with E-state index in [-0.39, 0.29) is 17.7 Å². The van der Waals surface area contributed by atoms with E-state index in [1.165, 1.54) is 11.8 Å². The number of tetrazole rings is 1. The number of nitrogens with one attached hydrogen (secondary N) is 1. The van der Waals surface area contributed by atoms with Gasteiger partial charge in [0.05, 0.1) is 25.4 Å². The molecule has 1 N–H and O–H groups in total. The number of thioether (sulfide) groups is 1. The van der Waals surface area contributed by atoms with E-state index in [1.54, 1.807) is 23.1 Å². The molecule has 7 nitrogen and oxygen atoms in total. The lowest BCUT2D eigenvalue weighted by atomic mass is 10.2. The van der Waals surface area contributed by atoms with Crippen LogP contribution in [-0.2, 0) is 11.3 Å². The highest BCUT2D eigenvalue weighted by Gasteiger charge is 2.13. The highest BCUT2D eigenvalue weighted by molar-refractivity contribution is 7.99. The zero-order valence-corrected chi connectivity index (χ0v) is 16.1. The molecule has 3 rings (SSSR count). The maximum Gasteiger partial charge on any atom is 0.230 e. The summed E-state index contributed by atoms with van der Waals surface area (Å²) in [6.07, 6.45) is 0. The summed E-state index contributed by atoms with van der Waals surface area (Å²) in [4.78, 5) is 13.3. The highest BCUT2D eigenvalue weighted by atomic mass is 32.2. The second-order valence-electron chi connectivity index (χ2n) is 5.56. The van der Waals surface area contributed by atoms with Gasteiger partial charge < -0.3 is 10.1 Å². The van der Waals surface area contributed by atoms with Gasteiger partial charge in [-0.25, -0.2) is 4.68 Å². The van der Waals surface area contributed by atoms with Gasteiger partial charge in [-0.05, 0) is 46.5 Å². The number of rotatable bonds is 8. The van der Waals surface area contributed by atoms with Crippen molar-refractivity contribution in [2.75, 3.05) is 12.9 Å². The molecule has 1 unspecified atom stereocenters. The van der Waals surface area contributed by atoms with Crippen LogP contribution < -0.4 is 10.1 Å². The summed E-state index contributed by atoms with van der Waals surface area (Å²) >= 11 is 2.95. The van der Waals surface area contributed by atoms with Crippen molar-refractivity contribution in [1.82, 2.24) is 25.5 Å². The first-order valence-corrected chi connectivity index (χ1v) is 9.87. The largest absolute Gasteiger partial charge is 0.497 e. The molecule has 0 aliphatic carbocycles. The molecule has 0 saturated carbocycles. The lowest BCUT2D eigenvalue weighted by Crippen LogP contribution is -2.27. The van der Waals surface area contributed by atoms with Crippen molar-refractivity contribution in [3.05, 3.63) is 52.2 Å². The Balaban J connectivity index is 1.54. The fourth-order valence-electron chi connectivity index (χ4n) is 2.32. The molecule has 0 aliphatic rings. The third-order valence-electron chi connectivity index (χ3n) is 3.67. The average molecular weight is 390 g/mol. The summed E-state index contributed by atoms with van der Waals surface area (Å²) in [6, 6.07) is 11.7. The third-order valence-corrected chi connectivity index (χ3v) is 5.68.